The first-order valence-corrected chi connectivity index (χ1v) is 19.7. The second-order valence-corrected chi connectivity index (χ2v) is 14.9. The Bertz CT molecular complexity index is 3450. The molecule has 9 aromatic carbocycles. The lowest BCUT2D eigenvalue weighted by atomic mass is 10.0. The van der Waals surface area contributed by atoms with Crippen LogP contribution in [0.15, 0.2) is 215 Å². The monoisotopic (exact) mass is 742 g/mol. The van der Waals surface area contributed by atoms with Crippen molar-refractivity contribution >= 4 is 82.7 Å². The van der Waals surface area contributed by atoms with Crippen molar-refractivity contribution in [3.05, 3.63) is 206 Å². The Morgan fingerprint density at radius 2 is 0.879 bits per heavy atom. The minimum absolute atomic E-state index is 0.816. The Morgan fingerprint density at radius 1 is 0.328 bits per heavy atom. The quantitative estimate of drug-likeness (QED) is 0.170. The molecule has 0 saturated heterocycles. The molecule has 272 valence electrons. The van der Waals surface area contributed by atoms with Crippen molar-refractivity contribution in [1.82, 2.24) is 4.57 Å². The number of furan rings is 2. The lowest BCUT2D eigenvalue weighted by Gasteiger charge is -2.25. The van der Waals surface area contributed by atoms with Crippen LogP contribution in [0.5, 0.6) is 0 Å². The van der Waals surface area contributed by atoms with Crippen LogP contribution in [0.3, 0.4) is 0 Å². The van der Waals surface area contributed by atoms with Gasteiger partial charge in [0.05, 0.1) is 28.1 Å². The van der Waals surface area contributed by atoms with Crippen molar-refractivity contribution in [2.24, 2.45) is 0 Å². The Balaban J connectivity index is 1.06. The van der Waals surface area contributed by atoms with E-state index in [4.69, 9.17) is 8.83 Å². The summed E-state index contributed by atoms with van der Waals surface area (Å²) >= 11 is 0. The van der Waals surface area contributed by atoms with Gasteiger partial charge in [-0.1, -0.05) is 140 Å². The number of rotatable bonds is 6. The topological polar surface area (TPSA) is 34.5 Å². The molecule has 3 heterocycles. The normalized spacial score (nSPS) is 11.8. The molecular formula is C54H34N2O2. The summed E-state index contributed by atoms with van der Waals surface area (Å²) in [5.74, 6) is 0. The van der Waals surface area contributed by atoms with E-state index in [2.05, 4.69) is 216 Å². The predicted octanol–water partition coefficient (Wildman–Crippen LogP) is 15.4. The Labute approximate surface area is 334 Å². The number of hydrogen-bond donors (Lipinski definition) is 0. The largest absolute Gasteiger partial charge is 0.454 e. The first-order valence-electron chi connectivity index (χ1n) is 19.7. The highest BCUT2D eigenvalue weighted by Crippen LogP contribution is 2.45. The zero-order valence-corrected chi connectivity index (χ0v) is 31.3. The minimum Gasteiger partial charge on any atom is -0.454 e. The molecule has 0 N–H and O–H groups in total. The Kier molecular flexibility index (Phi) is 7.20. The molecule has 0 bridgehead atoms. The summed E-state index contributed by atoms with van der Waals surface area (Å²) in [6.07, 6.45) is 0. The molecule has 4 nitrogen and oxygen atoms in total. The molecule has 0 unspecified atom stereocenters. The average Bonchev–Trinajstić information content (AvgIpc) is 3.97. The van der Waals surface area contributed by atoms with Gasteiger partial charge in [0.1, 0.15) is 11.2 Å². The molecule has 0 radical (unpaired) electrons. The minimum atomic E-state index is 0.816. The van der Waals surface area contributed by atoms with Gasteiger partial charge in [-0.25, -0.2) is 0 Å². The molecule has 0 aliphatic carbocycles. The van der Waals surface area contributed by atoms with Crippen molar-refractivity contribution < 1.29 is 8.83 Å². The number of hydrogen-bond acceptors (Lipinski definition) is 3. The number of anilines is 3. The zero-order chi connectivity index (χ0) is 38.2. The lowest BCUT2D eigenvalue weighted by molar-refractivity contribution is 0.666. The SMILES string of the molecule is c1ccc(-c2ccc(N(c3ccc4c(c3)oc3c(-n5c6ccccc6c6ccccc65)cccc34)c3cccc4c3oc3ccc(-c5ccccc5)cc34)cc2)cc1. The summed E-state index contributed by atoms with van der Waals surface area (Å²) in [7, 11) is 0. The number of aromatic nitrogens is 1. The van der Waals surface area contributed by atoms with Gasteiger partial charge in [0.25, 0.3) is 0 Å². The van der Waals surface area contributed by atoms with Crippen molar-refractivity contribution in [2.45, 2.75) is 0 Å². The predicted molar refractivity (Wildman–Crippen MR) is 241 cm³/mol. The molecule has 0 fully saturated rings. The molecule has 4 heteroatoms. The van der Waals surface area contributed by atoms with Gasteiger partial charge in [0.2, 0.25) is 0 Å². The average molecular weight is 743 g/mol. The number of nitrogens with zero attached hydrogens (tertiary/aromatic N) is 2. The summed E-state index contributed by atoms with van der Waals surface area (Å²) in [6.45, 7) is 0. The van der Waals surface area contributed by atoms with Crippen LogP contribution in [0.25, 0.3) is 93.6 Å². The fraction of sp³-hybridized carbons (Fsp3) is 0. The summed E-state index contributed by atoms with van der Waals surface area (Å²) in [4.78, 5) is 2.29. The number of para-hydroxylation sites is 4. The third-order valence-electron chi connectivity index (χ3n) is 11.6. The molecule has 0 spiro atoms. The van der Waals surface area contributed by atoms with Crippen molar-refractivity contribution in [3.63, 3.8) is 0 Å². The van der Waals surface area contributed by atoms with E-state index in [-0.39, 0.29) is 0 Å². The van der Waals surface area contributed by atoms with Gasteiger partial charge in [-0.2, -0.15) is 0 Å². The molecule has 58 heavy (non-hydrogen) atoms. The van der Waals surface area contributed by atoms with E-state index < -0.39 is 0 Å². The number of benzene rings is 9. The van der Waals surface area contributed by atoms with Crippen LogP contribution in [0.4, 0.5) is 17.1 Å². The Morgan fingerprint density at radius 3 is 1.60 bits per heavy atom. The molecule has 12 rings (SSSR count). The van der Waals surface area contributed by atoms with E-state index in [0.717, 1.165) is 88.8 Å². The van der Waals surface area contributed by atoms with Crippen molar-refractivity contribution in [2.75, 3.05) is 4.90 Å². The van der Waals surface area contributed by atoms with Gasteiger partial charge in [-0.05, 0) is 82.9 Å². The Hall–Kier alpha value is -7.82. The van der Waals surface area contributed by atoms with Gasteiger partial charge < -0.3 is 18.3 Å². The van der Waals surface area contributed by atoms with E-state index in [1.54, 1.807) is 0 Å². The van der Waals surface area contributed by atoms with Crippen LogP contribution < -0.4 is 4.90 Å². The molecule has 0 saturated carbocycles. The summed E-state index contributed by atoms with van der Waals surface area (Å²) in [5, 5.41) is 6.74. The second kappa shape index (κ2) is 12.9. The van der Waals surface area contributed by atoms with Crippen LogP contribution in [0.2, 0.25) is 0 Å². The van der Waals surface area contributed by atoms with Crippen LogP contribution in [0, 0.1) is 0 Å². The second-order valence-electron chi connectivity index (χ2n) is 14.9. The first-order chi connectivity index (χ1) is 28.8. The molecular weight excluding hydrogens is 709 g/mol. The van der Waals surface area contributed by atoms with Gasteiger partial charge in [0.15, 0.2) is 11.2 Å². The van der Waals surface area contributed by atoms with Crippen LogP contribution >= 0.6 is 0 Å². The van der Waals surface area contributed by atoms with E-state index in [1.807, 2.05) is 0 Å². The maximum absolute atomic E-state index is 6.96. The third kappa shape index (κ3) is 5.02. The van der Waals surface area contributed by atoms with Gasteiger partial charge in [-0.15, -0.1) is 0 Å². The first kappa shape index (κ1) is 32.4. The molecule has 3 aromatic heterocycles. The highest BCUT2D eigenvalue weighted by molar-refractivity contribution is 6.14. The standard InChI is InChI=1S/C54H34N2O2/c1-3-13-35(14-4-1)37-25-28-39(29-26-37)55(49-23-12-20-45-46-33-38(36-15-5-2-6-16-36)27-32-51(46)57-54(45)49)40-30-31-43-44-19-11-24-50(53(44)58-52(43)34-40)56-47-21-9-7-17-41(47)42-18-8-10-22-48(42)56/h1-34H. The van der Waals surface area contributed by atoms with Crippen LogP contribution in [-0.4, -0.2) is 4.57 Å². The molecule has 0 atom stereocenters. The van der Waals surface area contributed by atoms with Crippen molar-refractivity contribution in [3.8, 4) is 27.9 Å². The third-order valence-corrected chi connectivity index (χ3v) is 11.6. The highest BCUT2D eigenvalue weighted by Gasteiger charge is 2.22. The van der Waals surface area contributed by atoms with E-state index >= 15 is 0 Å². The van der Waals surface area contributed by atoms with Crippen LogP contribution in [-0.2, 0) is 0 Å². The molecule has 12 aromatic rings. The highest BCUT2D eigenvalue weighted by atomic mass is 16.3. The summed E-state index contributed by atoms with van der Waals surface area (Å²) in [5.41, 5.74) is 14.3. The van der Waals surface area contributed by atoms with Gasteiger partial charge in [-0.3, -0.25) is 0 Å². The molecule has 0 aliphatic heterocycles. The smallest absolute Gasteiger partial charge is 0.159 e. The lowest BCUT2D eigenvalue weighted by Crippen LogP contribution is -2.10. The zero-order valence-electron chi connectivity index (χ0n) is 31.3. The molecule has 0 aliphatic rings. The summed E-state index contributed by atoms with van der Waals surface area (Å²) in [6, 6.07) is 73.0. The summed E-state index contributed by atoms with van der Waals surface area (Å²) < 4.78 is 16.1. The fourth-order valence-corrected chi connectivity index (χ4v) is 8.90. The van der Waals surface area contributed by atoms with E-state index in [1.165, 1.54) is 21.9 Å². The van der Waals surface area contributed by atoms with Gasteiger partial charge in [0, 0.05) is 44.1 Å². The van der Waals surface area contributed by atoms with Crippen molar-refractivity contribution in [1.29, 1.82) is 0 Å². The maximum atomic E-state index is 6.96. The van der Waals surface area contributed by atoms with Crippen LogP contribution in [0.1, 0.15) is 0 Å². The van der Waals surface area contributed by atoms with E-state index in [0.29, 0.717) is 0 Å². The fourth-order valence-electron chi connectivity index (χ4n) is 8.90. The maximum Gasteiger partial charge on any atom is 0.159 e. The number of fused-ring (bicyclic) bond motifs is 9. The van der Waals surface area contributed by atoms with Gasteiger partial charge >= 0.3 is 0 Å². The molecule has 0 amide bonds. The van der Waals surface area contributed by atoms with E-state index in [9.17, 15) is 0 Å².